The average Bonchev–Trinajstić information content (AvgIpc) is 2.57. The lowest BCUT2D eigenvalue weighted by Gasteiger charge is -2.28. The molecule has 1 aliphatic heterocycles. The minimum Gasteiger partial charge on any atom is -0.358 e. The monoisotopic (exact) mass is 225 g/mol. The molecule has 7 heteroatoms. The third-order valence-corrected chi connectivity index (χ3v) is 2.86. The number of piperazine rings is 1. The molecular formula is C9H15N5O2. The van der Waals surface area contributed by atoms with Crippen molar-refractivity contribution in [3.8, 4) is 0 Å². The highest BCUT2D eigenvalue weighted by Crippen LogP contribution is 2.27. The molecule has 0 aliphatic carbocycles. The van der Waals surface area contributed by atoms with Crippen molar-refractivity contribution < 1.29 is 4.92 Å². The van der Waals surface area contributed by atoms with Crippen LogP contribution in [0.1, 0.15) is 5.82 Å². The van der Waals surface area contributed by atoms with Crippen LogP contribution in [0.25, 0.3) is 0 Å². The number of hydrogen-bond acceptors (Lipinski definition) is 5. The highest BCUT2D eigenvalue weighted by molar-refractivity contribution is 5.56. The Bertz CT molecular complexity index is 408. The largest absolute Gasteiger partial charge is 0.406 e. The number of nitro groups is 1. The van der Waals surface area contributed by atoms with Gasteiger partial charge in [0.25, 0.3) is 0 Å². The third-order valence-electron chi connectivity index (χ3n) is 2.86. The zero-order chi connectivity index (χ0) is 11.7. The Morgan fingerprint density at radius 3 is 2.62 bits per heavy atom. The Morgan fingerprint density at radius 1 is 1.44 bits per heavy atom. The zero-order valence-corrected chi connectivity index (χ0v) is 9.43. The first-order valence-electron chi connectivity index (χ1n) is 5.24. The second-order valence-electron chi connectivity index (χ2n) is 3.86. The molecule has 16 heavy (non-hydrogen) atoms. The Labute approximate surface area is 93.2 Å². The number of nitrogens with zero attached hydrogens (tertiary/aromatic N) is 4. The lowest BCUT2D eigenvalue weighted by Crippen LogP contribution is -2.44. The Balaban J connectivity index is 2.40. The fourth-order valence-corrected chi connectivity index (χ4v) is 1.93. The summed E-state index contributed by atoms with van der Waals surface area (Å²) >= 11 is 0. The van der Waals surface area contributed by atoms with Crippen molar-refractivity contribution in [3.63, 3.8) is 0 Å². The summed E-state index contributed by atoms with van der Waals surface area (Å²) in [7, 11) is 1.81. The Morgan fingerprint density at radius 2 is 2.06 bits per heavy atom. The fourth-order valence-electron chi connectivity index (χ4n) is 1.93. The van der Waals surface area contributed by atoms with Crippen LogP contribution < -0.4 is 10.2 Å². The molecule has 2 heterocycles. The van der Waals surface area contributed by atoms with Gasteiger partial charge in [-0.25, -0.2) is 0 Å². The second-order valence-corrected chi connectivity index (χ2v) is 3.86. The predicted molar refractivity (Wildman–Crippen MR) is 59.7 cm³/mol. The van der Waals surface area contributed by atoms with Gasteiger partial charge < -0.3 is 20.3 Å². The van der Waals surface area contributed by atoms with Gasteiger partial charge in [0.2, 0.25) is 11.6 Å². The summed E-state index contributed by atoms with van der Waals surface area (Å²) in [5.41, 5.74) is 0. The van der Waals surface area contributed by atoms with Crippen LogP contribution in [0.2, 0.25) is 0 Å². The van der Waals surface area contributed by atoms with Gasteiger partial charge in [-0.1, -0.05) is 0 Å². The van der Waals surface area contributed by atoms with Crippen LogP contribution in [-0.2, 0) is 7.05 Å². The smallest absolute Gasteiger partial charge is 0.358 e. The van der Waals surface area contributed by atoms with Crippen LogP contribution in [0.3, 0.4) is 0 Å². The van der Waals surface area contributed by atoms with Crippen molar-refractivity contribution in [3.05, 3.63) is 15.9 Å². The maximum Gasteiger partial charge on any atom is 0.406 e. The maximum atomic E-state index is 10.9. The molecule has 0 aromatic carbocycles. The standard InChI is InChI=1S/C9H15N5O2/c1-7-11-8(14(15)16)9(12(7)2)13-5-3-10-4-6-13/h10H,3-6H2,1-2H3. The quantitative estimate of drug-likeness (QED) is 0.568. The minimum atomic E-state index is -0.412. The van der Waals surface area contributed by atoms with Crippen LogP contribution in [0.5, 0.6) is 0 Å². The van der Waals surface area contributed by atoms with E-state index in [-0.39, 0.29) is 5.82 Å². The number of aryl methyl sites for hydroxylation is 1. The molecule has 0 spiro atoms. The van der Waals surface area contributed by atoms with E-state index in [1.165, 1.54) is 0 Å². The lowest BCUT2D eigenvalue weighted by molar-refractivity contribution is -0.388. The third kappa shape index (κ3) is 1.73. The van der Waals surface area contributed by atoms with Crippen molar-refractivity contribution in [1.82, 2.24) is 14.9 Å². The van der Waals surface area contributed by atoms with E-state index in [4.69, 9.17) is 0 Å². The number of rotatable bonds is 2. The van der Waals surface area contributed by atoms with Crippen molar-refractivity contribution >= 4 is 11.6 Å². The molecular weight excluding hydrogens is 210 g/mol. The molecule has 1 saturated heterocycles. The van der Waals surface area contributed by atoms with E-state index in [2.05, 4.69) is 10.3 Å². The van der Waals surface area contributed by atoms with Crippen molar-refractivity contribution in [1.29, 1.82) is 0 Å². The number of aromatic nitrogens is 2. The first-order chi connectivity index (χ1) is 7.61. The van der Waals surface area contributed by atoms with Crippen LogP contribution in [0, 0.1) is 17.0 Å². The summed E-state index contributed by atoms with van der Waals surface area (Å²) in [5, 5.41) is 14.1. The van der Waals surface area contributed by atoms with Gasteiger partial charge in [0.1, 0.15) is 0 Å². The molecule has 1 aromatic heterocycles. The molecule has 0 atom stereocenters. The first kappa shape index (κ1) is 10.9. The van der Waals surface area contributed by atoms with E-state index in [1.807, 2.05) is 11.9 Å². The molecule has 1 aliphatic rings. The number of imidazole rings is 1. The molecule has 1 N–H and O–H groups in total. The molecule has 1 fully saturated rings. The molecule has 0 amide bonds. The summed E-state index contributed by atoms with van der Waals surface area (Å²) in [6.45, 7) is 5.03. The summed E-state index contributed by atoms with van der Waals surface area (Å²) in [4.78, 5) is 16.5. The summed E-state index contributed by atoms with van der Waals surface area (Å²) in [5.74, 6) is 1.24. The Kier molecular flexibility index (Phi) is 2.78. The highest BCUT2D eigenvalue weighted by Gasteiger charge is 2.28. The molecule has 7 nitrogen and oxygen atoms in total. The van der Waals surface area contributed by atoms with Gasteiger partial charge in [-0.3, -0.25) is 4.57 Å². The maximum absolute atomic E-state index is 10.9. The minimum absolute atomic E-state index is 0.0399. The second kappa shape index (κ2) is 4.09. The van der Waals surface area contributed by atoms with Gasteiger partial charge in [-0.2, -0.15) is 0 Å². The first-order valence-corrected chi connectivity index (χ1v) is 5.24. The molecule has 0 unspecified atom stereocenters. The van der Waals surface area contributed by atoms with Crippen LogP contribution in [0.4, 0.5) is 11.6 Å². The van der Waals surface area contributed by atoms with E-state index in [0.29, 0.717) is 11.6 Å². The van der Waals surface area contributed by atoms with E-state index in [9.17, 15) is 10.1 Å². The molecule has 2 rings (SSSR count). The molecule has 0 saturated carbocycles. The van der Waals surface area contributed by atoms with Gasteiger partial charge in [0.15, 0.2) is 0 Å². The van der Waals surface area contributed by atoms with Gasteiger partial charge in [0.05, 0.1) is 0 Å². The normalized spacial score (nSPS) is 16.5. The van der Waals surface area contributed by atoms with Crippen LogP contribution in [0.15, 0.2) is 0 Å². The van der Waals surface area contributed by atoms with E-state index in [1.54, 1.807) is 11.5 Å². The predicted octanol–water partition coefficient (Wildman–Crippen LogP) is 0.0463. The Hall–Kier alpha value is -1.63. The topological polar surface area (TPSA) is 76.2 Å². The van der Waals surface area contributed by atoms with Crippen molar-refractivity contribution in [2.45, 2.75) is 6.92 Å². The van der Waals surface area contributed by atoms with Crippen molar-refractivity contribution in [2.24, 2.45) is 7.05 Å². The molecule has 1 aromatic rings. The van der Waals surface area contributed by atoms with Crippen molar-refractivity contribution in [2.75, 3.05) is 31.1 Å². The summed E-state index contributed by atoms with van der Waals surface area (Å²) < 4.78 is 1.78. The SMILES string of the molecule is Cc1nc([N+](=O)[O-])c(N2CCNCC2)n1C. The number of hydrogen-bond donors (Lipinski definition) is 1. The van der Waals surface area contributed by atoms with Gasteiger partial charge in [-0.15, -0.1) is 0 Å². The van der Waals surface area contributed by atoms with Crippen LogP contribution >= 0.6 is 0 Å². The van der Waals surface area contributed by atoms with E-state index < -0.39 is 4.92 Å². The molecule has 0 radical (unpaired) electrons. The number of anilines is 1. The van der Waals surface area contributed by atoms with Gasteiger partial charge in [0, 0.05) is 40.2 Å². The summed E-state index contributed by atoms with van der Waals surface area (Å²) in [6, 6.07) is 0. The zero-order valence-electron chi connectivity index (χ0n) is 9.43. The van der Waals surface area contributed by atoms with Gasteiger partial charge in [-0.05, 0) is 9.91 Å². The van der Waals surface area contributed by atoms with Crippen LogP contribution in [-0.4, -0.2) is 40.7 Å². The lowest BCUT2D eigenvalue weighted by atomic mass is 10.3. The summed E-state index contributed by atoms with van der Waals surface area (Å²) in [6.07, 6.45) is 0. The van der Waals surface area contributed by atoms with E-state index >= 15 is 0 Å². The molecule has 0 bridgehead atoms. The fraction of sp³-hybridized carbons (Fsp3) is 0.667. The highest BCUT2D eigenvalue weighted by atomic mass is 16.6. The van der Waals surface area contributed by atoms with Gasteiger partial charge >= 0.3 is 5.82 Å². The van der Waals surface area contributed by atoms with E-state index in [0.717, 1.165) is 26.2 Å². The molecule has 88 valence electrons. The number of nitrogens with one attached hydrogen (secondary N) is 1. The average molecular weight is 225 g/mol.